The molecule has 1 aliphatic heterocycles. The van der Waals surface area contributed by atoms with Crippen molar-refractivity contribution in [1.29, 1.82) is 0 Å². The average molecular weight is 265 g/mol. The molecule has 19 heavy (non-hydrogen) atoms. The molecule has 0 spiro atoms. The van der Waals surface area contributed by atoms with E-state index in [4.69, 9.17) is 14.6 Å². The van der Waals surface area contributed by atoms with Crippen molar-refractivity contribution in [1.82, 2.24) is 5.32 Å². The van der Waals surface area contributed by atoms with E-state index in [1.807, 2.05) is 30.3 Å². The van der Waals surface area contributed by atoms with E-state index in [9.17, 15) is 9.59 Å². The molecular weight excluding hydrogens is 250 g/mol. The first-order valence-electron chi connectivity index (χ1n) is 5.97. The number of hydrogen-bond acceptors (Lipinski definition) is 5. The Balaban J connectivity index is 1.77. The molecule has 0 bridgehead atoms. The first kappa shape index (κ1) is 13.4. The minimum absolute atomic E-state index is 0.137. The lowest BCUT2D eigenvalue weighted by Gasteiger charge is -2.09. The number of amides is 1. The lowest BCUT2D eigenvalue weighted by atomic mass is 10.2. The predicted octanol–water partition coefficient (Wildman–Crippen LogP) is 0.589. The fraction of sp³-hybridized carbons (Fsp3) is 0.385. The second kappa shape index (κ2) is 6.19. The van der Waals surface area contributed by atoms with Gasteiger partial charge in [0, 0.05) is 6.42 Å². The van der Waals surface area contributed by atoms with Gasteiger partial charge < -0.3 is 19.9 Å². The molecule has 1 fully saturated rings. The molecule has 1 saturated heterocycles. The summed E-state index contributed by atoms with van der Waals surface area (Å²) in [5, 5.41) is 11.3. The van der Waals surface area contributed by atoms with Crippen LogP contribution < -0.4 is 5.32 Å². The number of carbonyl (C=O) groups is 2. The number of aliphatic hydroxyl groups is 1. The summed E-state index contributed by atoms with van der Waals surface area (Å²) in [6.45, 7) is -0.110. The van der Waals surface area contributed by atoms with Crippen molar-refractivity contribution in [2.24, 2.45) is 0 Å². The molecule has 2 N–H and O–H groups in total. The van der Waals surface area contributed by atoms with Crippen LogP contribution in [0.4, 0.5) is 4.79 Å². The maximum atomic E-state index is 11.5. The minimum atomic E-state index is -0.750. The van der Waals surface area contributed by atoms with Crippen LogP contribution in [-0.2, 0) is 20.9 Å². The summed E-state index contributed by atoms with van der Waals surface area (Å²) >= 11 is 0. The third-order valence-corrected chi connectivity index (χ3v) is 2.77. The highest BCUT2D eigenvalue weighted by atomic mass is 16.6. The number of esters is 1. The van der Waals surface area contributed by atoms with Gasteiger partial charge in [-0.3, -0.25) is 0 Å². The molecule has 1 aromatic rings. The number of alkyl carbamates (subject to hydrolysis) is 1. The van der Waals surface area contributed by atoms with Crippen LogP contribution in [0.5, 0.6) is 0 Å². The van der Waals surface area contributed by atoms with Crippen LogP contribution in [0.2, 0.25) is 0 Å². The van der Waals surface area contributed by atoms with E-state index in [-0.39, 0.29) is 19.6 Å². The van der Waals surface area contributed by atoms with Crippen molar-refractivity contribution < 1.29 is 24.2 Å². The molecule has 0 radical (unpaired) electrons. The lowest BCUT2D eigenvalue weighted by Crippen LogP contribution is -2.38. The largest absolute Gasteiger partial charge is 0.458 e. The van der Waals surface area contributed by atoms with Gasteiger partial charge in [0.2, 0.25) is 0 Å². The van der Waals surface area contributed by atoms with Gasteiger partial charge in [0.15, 0.2) is 0 Å². The van der Waals surface area contributed by atoms with E-state index in [1.165, 1.54) is 0 Å². The van der Waals surface area contributed by atoms with Gasteiger partial charge in [-0.05, 0) is 5.56 Å². The molecule has 0 aliphatic carbocycles. The topological polar surface area (TPSA) is 84.9 Å². The average Bonchev–Trinajstić information content (AvgIpc) is 2.78. The van der Waals surface area contributed by atoms with Crippen molar-refractivity contribution in [2.45, 2.75) is 25.2 Å². The van der Waals surface area contributed by atoms with Gasteiger partial charge in [0.25, 0.3) is 0 Å². The van der Waals surface area contributed by atoms with E-state index in [0.29, 0.717) is 0 Å². The zero-order valence-corrected chi connectivity index (χ0v) is 10.2. The highest BCUT2D eigenvalue weighted by Crippen LogP contribution is 2.14. The Labute approximate surface area is 110 Å². The normalized spacial score (nSPS) is 21.8. The van der Waals surface area contributed by atoms with Gasteiger partial charge >= 0.3 is 12.1 Å². The molecule has 2 atom stereocenters. The van der Waals surface area contributed by atoms with E-state index < -0.39 is 24.2 Å². The summed E-state index contributed by atoms with van der Waals surface area (Å²) in [5.41, 5.74) is 0.861. The van der Waals surface area contributed by atoms with Crippen molar-refractivity contribution >= 4 is 12.1 Å². The summed E-state index contributed by atoms with van der Waals surface area (Å²) in [7, 11) is 0. The molecule has 6 nitrogen and oxygen atoms in total. The first-order chi connectivity index (χ1) is 9.19. The number of aliphatic hydroxyl groups excluding tert-OH is 1. The summed E-state index contributed by atoms with van der Waals surface area (Å²) in [5.74, 6) is -0.546. The summed E-state index contributed by atoms with van der Waals surface area (Å²) < 4.78 is 9.81. The van der Waals surface area contributed by atoms with Gasteiger partial charge in [-0.25, -0.2) is 9.59 Å². The third-order valence-electron chi connectivity index (χ3n) is 2.77. The standard InChI is InChI=1S/C13H15NO5/c15-7-10-6-11(12(16)19-10)14-13(17)18-8-9-4-2-1-3-5-9/h1-5,10-11,15H,6-8H2,(H,14,17)/t10-,11+/m0/s1. The van der Waals surface area contributed by atoms with Gasteiger partial charge in [-0.15, -0.1) is 0 Å². The van der Waals surface area contributed by atoms with Crippen molar-refractivity contribution in [2.75, 3.05) is 6.61 Å². The second-order valence-electron chi connectivity index (χ2n) is 4.24. The molecule has 0 aromatic heterocycles. The molecule has 102 valence electrons. The van der Waals surface area contributed by atoms with Crippen LogP contribution in [0.25, 0.3) is 0 Å². The number of rotatable bonds is 4. The molecule has 6 heteroatoms. The van der Waals surface area contributed by atoms with Crippen LogP contribution in [0.3, 0.4) is 0 Å². The molecule has 1 aromatic carbocycles. The smallest absolute Gasteiger partial charge is 0.408 e. The van der Waals surface area contributed by atoms with Gasteiger partial charge in [-0.2, -0.15) is 0 Å². The van der Waals surface area contributed by atoms with E-state index in [1.54, 1.807) is 0 Å². The number of ether oxygens (including phenoxy) is 2. The van der Waals surface area contributed by atoms with Crippen LogP contribution in [0.1, 0.15) is 12.0 Å². The molecule has 1 amide bonds. The minimum Gasteiger partial charge on any atom is -0.458 e. The molecular formula is C13H15NO5. The van der Waals surface area contributed by atoms with E-state index in [2.05, 4.69) is 5.32 Å². The maximum Gasteiger partial charge on any atom is 0.408 e. The number of cyclic esters (lactones) is 1. The van der Waals surface area contributed by atoms with Crippen molar-refractivity contribution in [3.05, 3.63) is 35.9 Å². The van der Waals surface area contributed by atoms with Crippen LogP contribution >= 0.6 is 0 Å². The number of nitrogens with one attached hydrogen (secondary N) is 1. The first-order valence-corrected chi connectivity index (χ1v) is 5.97. The van der Waals surface area contributed by atoms with Crippen LogP contribution in [0, 0.1) is 0 Å². The molecule has 0 saturated carbocycles. The number of carbonyl (C=O) groups excluding carboxylic acids is 2. The van der Waals surface area contributed by atoms with Gasteiger partial charge in [0.1, 0.15) is 18.8 Å². The Morgan fingerprint density at radius 3 is 2.79 bits per heavy atom. The summed E-state index contributed by atoms with van der Waals surface area (Å²) in [4.78, 5) is 22.9. The van der Waals surface area contributed by atoms with E-state index >= 15 is 0 Å². The fourth-order valence-corrected chi connectivity index (χ4v) is 1.79. The lowest BCUT2D eigenvalue weighted by molar-refractivity contribution is -0.144. The quantitative estimate of drug-likeness (QED) is 0.778. The fourth-order valence-electron chi connectivity index (χ4n) is 1.79. The monoisotopic (exact) mass is 265 g/mol. The van der Waals surface area contributed by atoms with Gasteiger partial charge in [-0.1, -0.05) is 30.3 Å². The number of benzene rings is 1. The summed E-state index contributed by atoms with van der Waals surface area (Å²) in [6.07, 6.45) is -0.966. The SMILES string of the molecule is O=C(N[C@@H]1C[C@@H](CO)OC1=O)OCc1ccccc1. The zero-order chi connectivity index (χ0) is 13.7. The van der Waals surface area contributed by atoms with E-state index in [0.717, 1.165) is 5.56 Å². The Bertz CT molecular complexity index is 448. The zero-order valence-electron chi connectivity index (χ0n) is 10.2. The Hall–Kier alpha value is -2.08. The number of hydrogen-bond donors (Lipinski definition) is 2. The maximum absolute atomic E-state index is 11.5. The molecule has 1 heterocycles. The highest BCUT2D eigenvalue weighted by Gasteiger charge is 2.35. The Morgan fingerprint density at radius 1 is 1.42 bits per heavy atom. The predicted molar refractivity (Wildman–Crippen MR) is 65.1 cm³/mol. The Kier molecular flexibility index (Phi) is 4.35. The Morgan fingerprint density at radius 2 is 2.16 bits per heavy atom. The van der Waals surface area contributed by atoms with Gasteiger partial charge in [0.05, 0.1) is 6.61 Å². The van der Waals surface area contributed by atoms with Crippen molar-refractivity contribution in [3.8, 4) is 0 Å². The summed E-state index contributed by atoms with van der Waals surface area (Å²) in [6, 6.07) is 8.47. The van der Waals surface area contributed by atoms with Crippen molar-refractivity contribution in [3.63, 3.8) is 0 Å². The van der Waals surface area contributed by atoms with Crippen LogP contribution in [0.15, 0.2) is 30.3 Å². The molecule has 0 unspecified atom stereocenters. The molecule has 1 aliphatic rings. The van der Waals surface area contributed by atoms with Crippen LogP contribution in [-0.4, -0.2) is 35.9 Å². The molecule has 2 rings (SSSR count). The highest BCUT2D eigenvalue weighted by molar-refractivity contribution is 5.82. The second-order valence-corrected chi connectivity index (χ2v) is 4.24. The third kappa shape index (κ3) is 3.69.